The predicted octanol–water partition coefficient (Wildman–Crippen LogP) is 3.86. The third kappa shape index (κ3) is 7.26. The average Bonchev–Trinajstić information content (AvgIpc) is 3.43. The van der Waals surface area contributed by atoms with Crippen LogP contribution in [0.3, 0.4) is 0 Å². The van der Waals surface area contributed by atoms with Crippen molar-refractivity contribution in [3.8, 4) is 11.6 Å². The highest BCUT2D eigenvalue weighted by atomic mass is 31.2. The van der Waals surface area contributed by atoms with Gasteiger partial charge in [0.1, 0.15) is 24.0 Å². The normalized spacial score (nSPS) is 25.8. The number of anilines is 1. The van der Waals surface area contributed by atoms with Crippen molar-refractivity contribution in [1.82, 2.24) is 24.6 Å². The van der Waals surface area contributed by atoms with E-state index in [2.05, 4.69) is 20.0 Å². The van der Waals surface area contributed by atoms with Crippen LogP contribution >= 0.6 is 7.75 Å². The van der Waals surface area contributed by atoms with Crippen LogP contribution in [-0.4, -0.2) is 74.1 Å². The lowest BCUT2D eigenvalue weighted by molar-refractivity contribution is -0.192. The Balaban J connectivity index is 1.59. The molecule has 14 nitrogen and oxygen atoms in total. The number of nitrogen functional groups attached to an aromatic ring is 1. The summed E-state index contributed by atoms with van der Waals surface area (Å²) < 4.78 is 73.9. The van der Waals surface area contributed by atoms with E-state index in [9.17, 15) is 14.5 Å². The zero-order chi connectivity index (χ0) is 32.5. The molecular formula is C27H37F2N6O8P. The molecule has 242 valence electrons. The minimum Gasteiger partial charge on any atom is -0.476 e. The van der Waals surface area contributed by atoms with E-state index < -0.39 is 50.2 Å². The zero-order valence-electron chi connectivity index (χ0n) is 25.2. The van der Waals surface area contributed by atoms with Crippen molar-refractivity contribution in [3.05, 3.63) is 36.7 Å². The van der Waals surface area contributed by atoms with Gasteiger partial charge in [0.05, 0.1) is 19.5 Å². The number of para-hydroxylation sites is 1. The summed E-state index contributed by atoms with van der Waals surface area (Å²) >= 11 is 0. The summed E-state index contributed by atoms with van der Waals surface area (Å²) in [6, 6.07) is 6.49. The van der Waals surface area contributed by atoms with E-state index in [1.165, 1.54) is 19.1 Å². The van der Waals surface area contributed by atoms with E-state index in [1.54, 1.807) is 25.1 Å². The third-order valence-corrected chi connectivity index (χ3v) is 8.02. The number of rotatable bonds is 12. The van der Waals surface area contributed by atoms with Crippen molar-refractivity contribution >= 4 is 30.8 Å². The molecule has 4 N–H and O–H groups in total. The molecule has 0 amide bonds. The standard InChI is InChI=1S/C27H37F2N6O8P/c1-7-39-20-18-19(32-24(30)33-20)35(15-31-18)23-26(6,37)22(28)27(29,42-23)14-41-44(38,43-17-11-9-8-10-12-17)34-16(2)21(36)40-13-25(3,4)5/h8-12,15-16,22-23,37H,7,13-14H2,1-6H3,(H,34,38)(H2,30,32,33)/t16?,22-,23+,26+,27+,44?/m0/s1. The smallest absolute Gasteiger partial charge is 0.459 e. The number of benzene rings is 1. The second kappa shape index (κ2) is 12.5. The number of aromatic nitrogens is 4. The highest BCUT2D eigenvalue weighted by molar-refractivity contribution is 7.52. The van der Waals surface area contributed by atoms with Crippen LogP contribution < -0.4 is 20.1 Å². The molecule has 1 aliphatic heterocycles. The quantitative estimate of drug-likeness (QED) is 0.191. The summed E-state index contributed by atoms with van der Waals surface area (Å²) in [5.41, 5.74) is 3.02. The van der Waals surface area contributed by atoms with E-state index in [4.69, 9.17) is 29.0 Å². The summed E-state index contributed by atoms with van der Waals surface area (Å²) in [4.78, 5) is 24.8. The lowest BCUT2D eigenvalue weighted by Gasteiger charge is -2.28. The molecule has 1 saturated heterocycles. The van der Waals surface area contributed by atoms with Gasteiger partial charge in [-0.1, -0.05) is 39.0 Å². The Morgan fingerprint density at radius 1 is 1.30 bits per heavy atom. The van der Waals surface area contributed by atoms with E-state index >= 15 is 8.78 Å². The summed E-state index contributed by atoms with van der Waals surface area (Å²) in [7, 11) is -4.61. The van der Waals surface area contributed by atoms with Crippen molar-refractivity contribution in [1.29, 1.82) is 0 Å². The number of hydrogen-bond donors (Lipinski definition) is 3. The molecule has 6 atom stereocenters. The maximum Gasteiger partial charge on any atom is 0.459 e. The molecule has 2 aromatic heterocycles. The molecule has 0 radical (unpaired) electrons. The lowest BCUT2D eigenvalue weighted by atomic mass is 9.97. The maximum atomic E-state index is 16.2. The van der Waals surface area contributed by atoms with Gasteiger partial charge in [0.2, 0.25) is 11.8 Å². The van der Waals surface area contributed by atoms with Crippen molar-refractivity contribution in [3.63, 3.8) is 0 Å². The van der Waals surface area contributed by atoms with E-state index in [1.807, 2.05) is 20.8 Å². The molecule has 0 bridgehead atoms. The number of nitrogens with zero attached hydrogens (tertiary/aromatic N) is 4. The first-order valence-corrected chi connectivity index (χ1v) is 15.3. The predicted molar refractivity (Wildman–Crippen MR) is 154 cm³/mol. The summed E-state index contributed by atoms with van der Waals surface area (Å²) in [5, 5.41) is 13.5. The molecule has 3 heterocycles. The SMILES string of the molecule is CCOc1nc(N)nc2c1ncn2[C@@H]1O[C@](F)(COP(=O)(NC(C)C(=O)OCC(C)(C)C)Oc2ccccc2)[C@@H](F)[C@@]1(C)O. The monoisotopic (exact) mass is 642 g/mol. The van der Waals surface area contributed by atoms with E-state index in [0.717, 1.165) is 17.8 Å². The molecule has 0 saturated carbocycles. The summed E-state index contributed by atoms with van der Waals surface area (Å²) in [6.07, 6.45) is -3.34. The van der Waals surface area contributed by atoms with Gasteiger partial charge in [0, 0.05) is 0 Å². The van der Waals surface area contributed by atoms with Gasteiger partial charge in [-0.3, -0.25) is 13.9 Å². The first-order chi connectivity index (χ1) is 20.5. The van der Waals surface area contributed by atoms with Crippen LogP contribution in [0.25, 0.3) is 11.2 Å². The number of esters is 1. The Kier molecular flexibility index (Phi) is 9.52. The van der Waals surface area contributed by atoms with Crippen LogP contribution in [0.15, 0.2) is 36.7 Å². The van der Waals surface area contributed by atoms with Gasteiger partial charge < -0.3 is 29.6 Å². The fraction of sp³-hybridized carbons (Fsp3) is 0.556. The fourth-order valence-electron chi connectivity index (χ4n) is 4.27. The van der Waals surface area contributed by atoms with E-state index in [-0.39, 0.29) is 47.4 Å². The molecule has 44 heavy (non-hydrogen) atoms. The maximum absolute atomic E-state index is 16.2. The summed E-state index contributed by atoms with van der Waals surface area (Å²) in [5.74, 6) is -4.28. The fourth-order valence-corrected chi connectivity index (χ4v) is 5.78. The minimum absolute atomic E-state index is 0.0223. The van der Waals surface area contributed by atoms with Crippen LogP contribution in [0.1, 0.15) is 47.8 Å². The molecule has 4 rings (SSSR count). The number of ether oxygens (including phenoxy) is 3. The molecule has 17 heteroatoms. The molecule has 2 unspecified atom stereocenters. The highest BCUT2D eigenvalue weighted by Crippen LogP contribution is 2.52. The van der Waals surface area contributed by atoms with Crippen molar-refractivity contribution < 1.29 is 46.5 Å². The van der Waals surface area contributed by atoms with Crippen molar-refractivity contribution in [2.24, 2.45) is 5.41 Å². The number of carbonyl (C=O) groups is 1. The number of imidazole rings is 1. The number of aliphatic hydroxyl groups is 1. The van der Waals surface area contributed by atoms with Gasteiger partial charge >= 0.3 is 13.7 Å². The second-order valence-electron chi connectivity index (χ2n) is 11.7. The lowest BCUT2D eigenvalue weighted by Crippen LogP contribution is -2.46. The van der Waals surface area contributed by atoms with Crippen LogP contribution in [-0.2, 0) is 23.4 Å². The number of fused-ring (bicyclic) bond motifs is 1. The minimum atomic E-state index is -4.61. The molecule has 3 aromatic rings. The highest BCUT2D eigenvalue weighted by Gasteiger charge is 2.65. The number of carbonyl (C=O) groups excluding carboxylic acids is 1. The molecule has 1 aromatic carbocycles. The van der Waals surface area contributed by atoms with Gasteiger partial charge in [-0.2, -0.15) is 15.1 Å². The number of halogens is 2. The first kappa shape index (κ1) is 33.5. The Morgan fingerprint density at radius 2 is 1.98 bits per heavy atom. The van der Waals surface area contributed by atoms with Crippen LogP contribution in [0.5, 0.6) is 11.6 Å². The Hall–Kier alpha value is -3.43. The van der Waals surface area contributed by atoms with Gasteiger partial charge in [-0.15, -0.1) is 0 Å². The third-order valence-electron chi connectivity index (χ3n) is 6.39. The second-order valence-corrected chi connectivity index (χ2v) is 13.4. The van der Waals surface area contributed by atoms with Gasteiger partial charge in [0.25, 0.3) is 5.85 Å². The Bertz CT molecular complexity index is 1520. The summed E-state index contributed by atoms with van der Waals surface area (Å²) in [6.45, 7) is 8.60. The van der Waals surface area contributed by atoms with Crippen molar-refractivity contribution in [2.45, 2.75) is 71.4 Å². The average molecular weight is 643 g/mol. The Morgan fingerprint density at radius 3 is 2.61 bits per heavy atom. The van der Waals surface area contributed by atoms with Gasteiger partial charge in [0.15, 0.2) is 23.6 Å². The van der Waals surface area contributed by atoms with E-state index in [0.29, 0.717) is 0 Å². The molecule has 1 fully saturated rings. The van der Waals surface area contributed by atoms with Gasteiger partial charge in [-0.25, -0.2) is 18.3 Å². The first-order valence-electron chi connectivity index (χ1n) is 13.8. The van der Waals surface area contributed by atoms with Crippen molar-refractivity contribution in [2.75, 3.05) is 25.6 Å². The Labute approximate surface area is 252 Å². The zero-order valence-corrected chi connectivity index (χ0v) is 26.1. The molecular weight excluding hydrogens is 605 g/mol. The van der Waals surface area contributed by atoms with Crippen LogP contribution in [0.2, 0.25) is 0 Å². The number of nitrogens with two attached hydrogens (primary N) is 1. The molecule has 0 spiro atoms. The molecule has 1 aliphatic rings. The number of hydrogen-bond acceptors (Lipinski definition) is 12. The van der Waals surface area contributed by atoms with Gasteiger partial charge in [-0.05, 0) is 38.3 Å². The number of nitrogens with one attached hydrogen (secondary N) is 1. The topological polar surface area (TPSA) is 182 Å². The largest absolute Gasteiger partial charge is 0.476 e. The van der Waals surface area contributed by atoms with Crippen LogP contribution in [0, 0.1) is 5.41 Å². The molecule has 0 aliphatic carbocycles. The number of alkyl halides is 2. The van der Waals surface area contributed by atoms with Crippen LogP contribution in [0.4, 0.5) is 14.7 Å².